The lowest BCUT2D eigenvalue weighted by Gasteiger charge is -2.19. The van der Waals surface area contributed by atoms with E-state index in [4.69, 9.17) is 15.5 Å². The Morgan fingerprint density at radius 3 is 2.63 bits per heavy atom. The number of rotatable bonds is 3. The summed E-state index contributed by atoms with van der Waals surface area (Å²) in [4.78, 5) is 19.4. The first-order chi connectivity index (χ1) is 12.5. The van der Waals surface area contributed by atoms with Gasteiger partial charge in [0, 0.05) is 15.8 Å². The molecular weight excluding hydrogens is 380 g/mol. The Kier molecular flexibility index (Phi) is 5.45. The largest absolute Gasteiger partial charge is 1.00 e. The second-order valence-corrected chi connectivity index (χ2v) is 8.16. The molecule has 0 saturated heterocycles. The molecule has 2 aromatic heterocycles. The molecule has 3 aromatic rings. The van der Waals surface area contributed by atoms with E-state index in [0.29, 0.717) is 17.2 Å². The van der Waals surface area contributed by atoms with E-state index in [9.17, 15) is 4.79 Å². The van der Waals surface area contributed by atoms with Crippen LogP contribution in [-0.4, -0.2) is 18.0 Å². The zero-order chi connectivity index (χ0) is 18.4. The molecule has 0 aliphatic heterocycles. The summed E-state index contributed by atoms with van der Waals surface area (Å²) in [6.07, 6.45) is 3.28. The summed E-state index contributed by atoms with van der Waals surface area (Å²) < 4.78 is 5.28. The van der Waals surface area contributed by atoms with E-state index in [2.05, 4.69) is 6.92 Å². The fourth-order valence-corrected chi connectivity index (χ4v) is 5.37. The van der Waals surface area contributed by atoms with Crippen molar-refractivity contribution in [3.8, 4) is 16.9 Å². The molecule has 1 atom stereocenters. The van der Waals surface area contributed by atoms with Crippen molar-refractivity contribution in [1.29, 1.82) is 0 Å². The van der Waals surface area contributed by atoms with Gasteiger partial charge < -0.3 is 22.9 Å². The lowest BCUT2D eigenvalue weighted by atomic mass is 9.86. The number of pyridine rings is 1. The molecule has 4 nitrogen and oxygen atoms in total. The third kappa shape index (κ3) is 3.30. The van der Waals surface area contributed by atoms with Crippen LogP contribution in [0.1, 0.15) is 39.8 Å². The number of fused-ring (bicyclic) bond motifs is 3. The minimum absolute atomic E-state index is 0. The van der Waals surface area contributed by atoms with Gasteiger partial charge in [-0.05, 0) is 55.4 Å². The van der Waals surface area contributed by atoms with Gasteiger partial charge in [0.15, 0.2) is 0 Å². The Labute approximate surface area is 169 Å². The normalized spacial score (nSPS) is 15.9. The number of nitrogens with zero attached hydrogens (tertiary/aromatic N) is 1. The van der Waals surface area contributed by atoms with Gasteiger partial charge in [0.25, 0.3) is 5.91 Å². The number of nitrogens with two attached hydrogens (primary N) is 1. The molecule has 0 fully saturated rings. The summed E-state index contributed by atoms with van der Waals surface area (Å²) in [6, 6.07) is 7.83. The molecular formula is C21H22ClN2O2S-. The maximum atomic E-state index is 12.3. The molecule has 0 spiro atoms. The molecule has 1 amide bonds. The number of hydrogen-bond donors (Lipinski definition) is 1. The highest BCUT2D eigenvalue weighted by atomic mass is 35.5. The van der Waals surface area contributed by atoms with E-state index in [1.54, 1.807) is 18.4 Å². The lowest BCUT2D eigenvalue weighted by Crippen LogP contribution is -3.00. The van der Waals surface area contributed by atoms with Gasteiger partial charge in [-0.1, -0.05) is 19.1 Å². The molecule has 142 valence electrons. The maximum absolute atomic E-state index is 12.3. The Morgan fingerprint density at radius 2 is 2.00 bits per heavy atom. The highest BCUT2D eigenvalue weighted by Crippen LogP contribution is 2.44. The van der Waals surface area contributed by atoms with Crippen molar-refractivity contribution in [2.45, 2.75) is 33.1 Å². The molecule has 1 unspecified atom stereocenters. The summed E-state index contributed by atoms with van der Waals surface area (Å²) in [7, 11) is 1.65. The van der Waals surface area contributed by atoms with Crippen LogP contribution >= 0.6 is 11.3 Å². The monoisotopic (exact) mass is 401 g/mol. The van der Waals surface area contributed by atoms with Gasteiger partial charge in [0.1, 0.15) is 10.6 Å². The quantitative estimate of drug-likeness (QED) is 0.723. The SMILES string of the molecule is COc1ccc(-c2c(C(N)=O)c(C)nc3sc4c(c23)CCC(C)C4)cc1.[Cl-]. The van der Waals surface area contributed by atoms with Crippen LogP contribution in [0.4, 0.5) is 0 Å². The van der Waals surface area contributed by atoms with E-state index >= 15 is 0 Å². The summed E-state index contributed by atoms with van der Waals surface area (Å²) in [5.74, 6) is 1.06. The van der Waals surface area contributed by atoms with Crippen molar-refractivity contribution in [2.24, 2.45) is 11.7 Å². The third-order valence-corrected chi connectivity index (χ3v) is 6.40. The number of primary amides is 1. The van der Waals surface area contributed by atoms with Gasteiger partial charge in [-0.15, -0.1) is 11.3 Å². The van der Waals surface area contributed by atoms with Crippen molar-refractivity contribution in [3.05, 3.63) is 46.0 Å². The number of hydrogen-bond acceptors (Lipinski definition) is 4. The zero-order valence-corrected chi connectivity index (χ0v) is 17.2. The van der Waals surface area contributed by atoms with Gasteiger partial charge in [-0.2, -0.15) is 0 Å². The van der Waals surface area contributed by atoms with Gasteiger partial charge >= 0.3 is 0 Å². The number of amides is 1. The second-order valence-electron chi connectivity index (χ2n) is 7.07. The van der Waals surface area contributed by atoms with Crippen LogP contribution in [0.5, 0.6) is 5.75 Å². The Balaban J connectivity index is 0.00000210. The third-order valence-electron chi connectivity index (χ3n) is 5.25. The molecule has 2 heterocycles. The van der Waals surface area contributed by atoms with E-state index < -0.39 is 5.91 Å². The smallest absolute Gasteiger partial charge is 0.251 e. The van der Waals surface area contributed by atoms with Gasteiger partial charge in [-0.25, -0.2) is 4.98 Å². The molecule has 2 N–H and O–H groups in total. The minimum atomic E-state index is -0.424. The molecule has 1 aliphatic rings. The minimum Gasteiger partial charge on any atom is -1.00 e. The second kappa shape index (κ2) is 7.49. The van der Waals surface area contributed by atoms with Crippen LogP contribution in [0, 0.1) is 12.8 Å². The molecule has 1 aliphatic carbocycles. The Bertz CT molecular complexity index is 1010. The fraction of sp³-hybridized carbons (Fsp3) is 0.333. The number of aromatic nitrogens is 1. The number of thiophene rings is 1. The first-order valence-corrected chi connectivity index (χ1v) is 9.70. The first kappa shape index (κ1) is 19.6. The van der Waals surface area contributed by atoms with Gasteiger partial charge in [-0.3, -0.25) is 4.79 Å². The van der Waals surface area contributed by atoms with Crippen LogP contribution in [0.3, 0.4) is 0 Å². The molecule has 1 aromatic carbocycles. The van der Waals surface area contributed by atoms with Crippen molar-refractivity contribution in [1.82, 2.24) is 4.98 Å². The average Bonchev–Trinajstić information content (AvgIpc) is 2.97. The van der Waals surface area contributed by atoms with E-state index in [0.717, 1.165) is 39.9 Å². The first-order valence-electron chi connectivity index (χ1n) is 8.88. The maximum Gasteiger partial charge on any atom is 0.251 e. The predicted molar refractivity (Wildman–Crippen MR) is 106 cm³/mol. The van der Waals surface area contributed by atoms with Crippen LogP contribution in [0.2, 0.25) is 0 Å². The van der Waals surface area contributed by atoms with Crippen LogP contribution in [0.25, 0.3) is 21.3 Å². The van der Waals surface area contributed by atoms with E-state index in [1.807, 2.05) is 31.2 Å². The van der Waals surface area contributed by atoms with E-state index in [1.165, 1.54) is 16.9 Å². The van der Waals surface area contributed by atoms with Crippen molar-refractivity contribution in [3.63, 3.8) is 0 Å². The Hall–Kier alpha value is -2.11. The number of halogens is 1. The van der Waals surface area contributed by atoms with Crippen LogP contribution < -0.4 is 22.9 Å². The number of carbonyl (C=O) groups is 1. The van der Waals surface area contributed by atoms with Crippen molar-refractivity contribution in [2.75, 3.05) is 7.11 Å². The number of benzene rings is 1. The van der Waals surface area contributed by atoms with Crippen LogP contribution in [-0.2, 0) is 12.8 Å². The molecule has 27 heavy (non-hydrogen) atoms. The topological polar surface area (TPSA) is 65.2 Å². The molecule has 0 bridgehead atoms. The molecule has 6 heteroatoms. The number of methoxy groups -OCH3 is 1. The highest BCUT2D eigenvalue weighted by Gasteiger charge is 2.27. The van der Waals surface area contributed by atoms with Gasteiger partial charge in [0.2, 0.25) is 0 Å². The number of carbonyl (C=O) groups excluding carboxylic acids is 1. The summed E-state index contributed by atoms with van der Waals surface area (Å²) >= 11 is 1.77. The standard InChI is InChI=1S/C21H22N2O2S.ClH/c1-11-4-9-15-16(10-11)26-21-19(15)18(17(20(22)24)12(2)23-21)13-5-7-14(25-3)8-6-13;/h5-8,11H,4,9-10H2,1-3H3,(H2,22,24);1H/p-1. The average molecular weight is 402 g/mol. The van der Waals surface area contributed by atoms with Crippen molar-refractivity contribution < 1.29 is 21.9 Å². The van der Waals surface area contributed by atoms with E-state index in [-0.39, 0.29) is 12.4 Å². The highest BCUT2D eigenvalue weighted by molar-refractivity contribution is 7.19. The van der Waals surface area contributed by atoms with Crippen molar-refractivity contribution >= 4 is 27.5 Å². The zero-order valence-electron chi connectivity index (χ0n) is 15.6. The summed E-state index contributed by atoms with van der Waals surface area (Å²) in [5, 5.41) is 1.11. The summed E-state index contributed by atoms with van der Waals surface area (Å²) in [6.45, 7) is 4.17. The molecule has 0 radical (unpaired) electrons. The molecule has 0 saturated carbocycles. The summed E-state index contributed by atoms with van der Waals surface area (Å²) in [5.41, 5.74) is 10.3. The Morgan fingerprint density at radius 1 is 1.30 bits per heavy atom. The van der Waals surface area contributed by atoms with Gasteiger partial charge in [0.05, 0.1) is 18.4 Å². The molecule has 4 rings (SSSR count). The van der Waals surface area contributed by atoms with Crippen LogP contribution in [0.15, 0.2) is 24.3 Å². The number of aryl methyl sites for hydroxylation is 2. The lowest BCUT2D eigenvalue weighted by molar-refractivity contribution is -0.0000141. The predicted octanol–water partition coefficient (Wildman–Crippen LogP) is 1.51. The fourth-order valence-electron chi connectivity index (χ4n) is 3.93. The number of ether oxygens (including phenoxy) is 1.